The van der Waals surface area contributed by atoms with Gasteiger partial charge >= 0.3 is 0 Å². The molecule has 1 saturated carbocycles. The molecule has 1 aromatic heterocycles. The Balaban J connectivity index is 1.17. The molecule has 1 fully saturated rings. The number of anilines is 1. The van der Waals surface area contributed by atoms with E-state index in [4.69, 9.17) is 12.2 Å². The SMILES string of the molecule is CN(c1ccc(CNC(=O)CCCCCn2c(=S)[nH]c3ccccc3c2=O)cc1)C1CCCCC1. The molecule has 35 heavy (non-hydrogen) atoms. The van der Waals surface area contributed by atoms with Crippen LogP contribution in [0.1, 0.15) is 63.4 Å². The Morgan fingerprint density at radius 3 is 2.57 bits per heavy atom. The number of nitrogens with zero attached hydrogens (tertiary/aromatic N) is 2. The third-order valence-electron chi connectivity index (χ3n) is 7.13. The summed E-state index contributed by atoms with van der Waals surface area (Å²) in [6.07, 6.45) is 9.52. The smallest absolute Gasteiger partial charge is 0.262 e. The maximum absolute atomic E-state index is 12.7. The Labute approximate surface area is 212 Å². The number of rotatable bonds is 10. The van der Waals surface area contributed by atoms with Crippen molar-refractivity contribution in [1.29, 1.82) is 0 Å². The maximum atomic E-state index is 12.7. The lowest BCUT2D eigenvalue weighted by molar-refractivity contribution is -0.121. The summed E-state index contributed by atoms with van der Waals surface area (Å²) in [5, 5.41) is 3.68. The molecule has 0 radical (unpaired) electrons. The zero-order valence-corrected chi connectivity index (χ0v) is 21.4. The summed E-state index contributed by atoms with van der Waals surface area (Å²) >= 11 is 5.36. The number of unbranched alkanes of at least 4 members (excludes halogenated alkanes) is 2. The van der Waals surface area contributed by atoms with Crippen molar-refractivity contribution in [2.45, 2.75) is 76.9 Å². The Morgan fingerprint density at radius 1 is 1.06 bits per heavy atom. The normalized spacial score (nSPS) is 14.2. The first-order valence-corrected chi connectivity index (χ1v) is 13.2. The van der Waals surface area contributed by atoms with Gasteiger partial charge in [0.05, 0.1) is 10.9 Å². The van der Waals surface area contributed by atoms with E-state index in [1.807, 2.05) is 24.3 Å². The van der Waals surface area contributed by atoms with Crippen LogP contribution in [0.4, 0.5) is 5.69 Å². The van der Waals surface area contributed by atoms with E-state index < -0.39 is 0 Å². The van der Waals surface area contributed by atoms with Crippen molar-refractivity contribution in [1.82, 2.24) is 14.9 Å². The van der Waals surface area contributed by atoms with E-state index in [9.17, 15) is 9.59 Å². The minimum atomic E-state index is -0.0574. The lowest BCUT2D eigenvalue weighted by Gasteiger charge is -2.33. The van der Waals surface area contributed by atoms with Crippen LogP contribution in [0.15, 0.2) is 53.3 Å². The standard InChI is InChI=1S/C28H36N4O2S/c1-31(22-10-4-2-5-11-22)23-17-15-21(16-18-23)20-29-26(33)14-6-3-9-19-32-27(34)24-12-7-8-13-25(24)30-28(32)35/h7-8,12-13,15-18,22H,2-6,9-11,14,19-20H2,1H3,(H,29,33)(H,30,35). The number of carbonyl (C=O) groups is 1. The fraction of sp³-hybridized carbons (Fsp3) is 0.464. The zero-order valence-electron chi connectivity index (χ0n) is 20.6. The van der Waals surface area contributed by atoms with E-state index in [1.165, 1.54) is 37.8 Å². The van der Waals surface area contributed by atoms with E-state index in [2.05, 4.69) is 46.5 Å². The fourth-order valence-electron chi connectivity index (χ4n) is 4.95. The van der Waals surface area contributed by atoms with Gasteiger partial charge in [-0.1, -0.05) is 49.9 Å². The predicted octanol–water partition coefficient (Wildman–Crippen LogP) is 5.70. The van der Waals surface area contributed by atoms with E-state index >= 15 is 0 Å². The molecule has 6 nitrogen and oxygen atoms in total. The van der Waals surface area contributed by atoms with E-state index in [0.29, 0.717) is 35.7 Å². The van der Waals surface area contributed by atoms with Gasteiger partial charge in [-0.15, -0.1) is 0 Å². The second kappa shape index (κ2) is 12.2. The van der Waals surface area contributed by atoms with Gasteiger partial charge in [-0.3, -0.25) is 14.2 Å². The lowest BCUT2D eigenvalue weighted by Crippen LogP contribution is -2.33. The Kier molecular flexibility index (Phi) is 8.74. The van der Waals surface area contributed by atoms with Gasteiger partial charge in [0.2, 0.25) is 5.91 Å². The third kappa shape index (κ3) is 6.60. The highest BCUT2D eigenvalue weighted by Crippen LogP contribution is 2.26. The van der Waals surface area contributed by atoms with Crippen molar-refractivity contribution < 1.29 is 4.79 Å². The second-order valence-electron chi connectivity index (χ2n) is 9.59. The first kappa shape index (κ1) is 25.2. The largest absolute Gasteiger partial charge is 0.372 e. The molecule has 0 saturated heterocycles. The number of H-pyrrole nitrogens is 1. The van der Waals surface area contributed by atoms with E-state index in [1.54, 1.807) is 4.57 Å². The molecule has 1 aliphatic rings. The fourth-order valence-corrected chi connectivity index (χ4v) is 5.24. The average molecular weight is 493 g/mol. The highest BCUT2D eigenvalue weighted by molar-refractivity contribution is 7.71. The number of hydrogen-bond donors (Lipinski definition) is 2. The quantitative estimate of drug-likeness (QED) is 0.281. The van der Waals surface area contributed by atoms with Gasteiger partial charge in [-0.2, -0.15) is 0 Å². The molecule has 1 aliphatic carbocycles. The molecule has 0 spiro atoms. The van der Waals surface area contributed by atoms with Gasteiger partial charge in [-0.05, 0) is 67.7 Å². The summed E-state index contributed by atoms with van der Waals surface area (Å²) < 4.78 is 2.06. The Bertz CT molecular complexity index is 1240. The van der Waals surface area contributed by atoms with Crippen LogP contribution in [0.2, 0.25) is 0 Å². The molecule has 0 atom stereocenters. The van der Waals surface area contributed by atoms with E-state index in [-0.39, 0.29) is 11.5 Å². The molecule has 0 aliphatic heterocycles. The molecule has 1 heterocycles. The minimum absolute atomic E-state index is 0.0574. The van der Waals surface area contributed by atoms with Crippen LogP contribution < -0.4 is 15.8 Å². The molecule has 2 aromatic carbocycles. The number of nitrogens with one attached hydrogen (secondary N) is 2. The summed E-state index contributed by atoms with van der Waals surface area (Å²) in [6.45, 7) is 1.11. The van der Waals surface area contributed by atoms with Crippen molar-refractivity contribution >= 4 is 34.7 Å². The Hall–Kier alpha value is -2.93. The average Bonchev–Trinajstić information content (AvgIpc) is 2.89. The van der Waals surface area contributed by atoms with Crippen molar-refractivity contribution in [3.05, 3.63) is 69.2 Å². The summed E-state index contributed by atoms with van der Waals surface area (Å²) in [7, 11) is 2.19. The number of amides is 1. The molecular weight excluding hydrogens is 456 g/mol. The summed E-state index contributed by atoms with van der Waals surface area (Å²) in [5.41, 5.74) is 3.07. The van der Waals surface area contributed by atoms with Crippen LogP contribution >= 0.6 is 12.2 Å². The summed E-state index contributed by atoms with van der Waals surface area (Å²) in [5.74, 6) is 0.0635. The third-order valence-corrected chi connectivity index (χ3v) is 7.45. The van der Waals surface area contributed by atoms with Gasteiger partial charge in [0, 0.05) is 38.3 Å². The van der Waals surface area contributed by atoms with Crippen LogP contribution in [0.25, 0.3) is 10.9 Å². The number of benzene rings is 2. The van der Waals surface area contributed by atoms with Gasteiger partial charge in [0.15, 0.2) is 4.77 Å². The lowest BCUT2D eigenvalue weighted by atomic mass is 9.94. The molecule has 1 amide bonds. The molecule has 2 N–H and O–H groups in total. The van der Waals surface area contributed by atoms with Gasteiger partial charge in [0.25, 0.3) is 5.56 Å². The van der Waals surface area contributed by atoms with Gasteiger partial charge < -0.3 is 15.2 Å². The number of para-hydroxylation sites is 1. The van der Waals surface area contributed by atoms with Crippen LogP contribution in [0, 0.1) is 4.77 Å². The molecule has 3 aromatic rings. The first-order chi connectivity index (χ1) is 17.0. The van der Waals surface area contributed by atoms with Crippen molar-refractivity contribution in [3.8, 4) is 0 Å². The van der Waals surface area contributed by atoms with Crippen molar-refractivity contribution in [2.75, 3.05) is 11.9 Å². The Morgan fingerprint density at radius 2 is 1.80 bits per heavy atom. The van der Waals surface area contributed by atoms with Gasteiger partial charge in [0.1, 0.15) is 0 Å². The van der Waals surface area contributed by atoms with Crippen LogP contribution in [0.3, 0.4) is 0 Å². The second-order valence-corrected chi connectivity index (χ2v) is 9.98. The summed E-state index contributed by atoms with van der Waals surface area (Å²) in [4.78, 5) is 30.5. The number of carbonyl (C=O) groups excluding carboxylic acids is 1. The molecule has 0 bridgehead atoms. The van der Waals surface area contributed by atoms with E-state index in [0.717, 1.165) is 30.3 Å². The zero-order chi connectivity index (χ0) is 24.6. The topological polar surface area (TPSA) is 70.1 Å². The highest BCUT2D eigenvalue weighted by atomic mass is 32.1. The molecule has 7 heteroatoms. The van der Waals surface area contributed by atoms with Crippen LogP contribution in [-0.4, -0.2) is 28.5 Å². The van der Waals surface area contributed by atoms with Crippen molar-refractivity contribution in [2.24, 2.45) is 0 Å². The first-order valence-electron chi connectivity index (χ1n) is 12.8. The van der Waals surface area contributed by atoms with Crippen molar-refractivity contribution in [3.63, 3.8) is 0 Å². The molecule has 0 unspecified atom stereocenters. The monoisotopic (exact) mass is 492 g/mol. The molecule has 186 valence electrons. The van der Waals surface area contributed by atoms with Crippen LogP contribution in [-0.2, 0) is 17.9 Å². The number of aromatic amines is 1. The minimum Gasteiger partial charge on any atom is -0.372 e. The number of aromatic nitrogens is 2. The van der Waals surface area contributed by atoms with Gasteiger partial charge in [-0.25, -0.2) is 0 Å². The predicted molar refractivity (Wildman–Crippen MR) is 145 cm³/mol. The summed E-state index contributed by atoms with van der Waals surface area (Å²) in [6, 6.07) is 16.6. The highest BCUT2D eigenvalue weighted by Gasteiger charge is 2.18. The number of fused-ring (bicyclic) bond motifs is 1. The molecular formula is C28H36N4O2S. The number of hydrogen-bond acceptors (Lipinski definition) is 4. The molecule has 4 rings (SSSR count). The maximum Gasteiger partial charge on any atom is 0.262 e. The van der Waals surface area contributed by atoms with Crippen LogP contribution in [0.5, 0.6) is 0 Å².